The molecule has 0 spiro atoms. The SMILES string of the molecule is O=C(Nc1cnccc1-c1cncnc1)C(F)(F)F. The van der Waals surface area contributed by atoms with Crippen LogP contribution in [0.1, 0.15) is 0 Å². The third-order valence-corrected chi connectivity index (χ3v) is 2.20. The number of nitrogens with one attached hydrogen (secondary N) is 1. The van der Waals surface area contributed by atoms with Crippen molar-refractivity contribution in [1.82, 2.24) is 15.0 Å². The van der Waals surface area contributed by atoms with E-state index >= 15 is 0 Å². The Morgan fingerprint density at radius 2 is 1.79 bits per heavy atom. The van der Waals surface area contributed by atoms with Gasteiger partial charge < -0.3 is 5.32 Å². The molecule has 0 bridgehead atoms. The van der Waals surface area contributed by atoms with Crippen molar-refractivity contribution >= 4 is 11.6 Å². The lowest BCUT2D eigenvalue weighted by molar-refractivity contribution is -0.167. The molecule has 2 heterocycles. The van der Waals surface area contributed by atoms with E-state index in [1.54, 1.807) is 5.32 Å². The summed E-state index contributed by atoms with van der Waals surface area (Å²) < 4.78 is 36.6. The first-order valence-electron chi connectivity index (χ1n) is 5.06. The number of hydrogen-bond donors (Lipinski definition) is 1. The topological polar surface area (TPSA) is 67.8 Å². The summed E-state index contributed by atoms with van der Waals surface area (Å²) in [5, 5.41) is 1.77. The Labute approximate surface area is 105 Å². The number of anilines is 1. The van der Waals surface area contributed by atoms with Crippen LogP contribution in [0, 0.1) is 0 Å². The second-order valence-electron chi connectivity index (χ2n) is 3.50. The van der Waals surface area contributed by atoms with Crippen LogP contribution in [0.3, 0.4) is 0 Å². The van der Waals surface area contributed by atoms with Crippen LogP contribution in [0.15, 0.2) is 37.2 Å². The van der Waals surface area contributed by atoms with E-state index in [2.05, 4.69) is 15.0 Å². The highest BCUT2D eigenvalue weighted by Gasteiger charge is 2.39. The fraction of sp³-hybridized carbons (Fsp3) is 0.0909. The molecule has 2 aromatic heterocycles. The molecule has 1 N–H and O–H groups in total. The van der Waals surface area contributed by atoms with Gasteiger partial charge in [0.25, 0.3) is 0 Å². The van der Waals surface area contributed by atoms with Crippen LogP contribution in [0.4, 0.5) is 18.9 Å². The summed E-state index contributed by atoms with van der Waals surface area (Å²) in [6.45, 7) is 0. The Morgan fingerprint density at radius 1 is 1.11 bits per heavy atom. The standard InChI is InChI=1S/C11H7F3N4O/c12-11(13,14)10(19)18-9-5-15-2-1-8(9)7-3-16-6-17-4-7/h1-6H,(H,18,19). The maximum absolute atomic E-state index is 12.2. The molecule has 0 unspecified atom stereocenters. The highest BCUT2D eigenvalue weighted by Crippen LogP contribution is 2.27. The van der Waals surface area contributed by atoms with E-state index in [0.29, 0.717) is 11.1 Å². The van der Waals surface area contributed by atoms with Crippen LogP contribution >= 0.6 is 0 Å². The summed E-state index contributed by atoms with van der Waals surface area (Å²) in [7, 11) is 0. The number of amides is 1. The van der Waals surface area contributed by atoms with E-state index < -0.39 is 12.1 Å². The second kappa shape index (κ2) is 5.01. The van der Waals surface area contributed by atoms with Gasteiger partial charge in [-0.05, 0) is 6.07 Å². The molecule has 5 nitrogen and oxygen atoms in total. The minimum atomic E-state index is -4.96. The summed E-state index contributed by atoms with van der Waals surface area (Å²) in [6, 6.07) is 1.46. The minimum absolute atomic E-state index is 0.0559. The zero-order chi connectivity index (χ0) is 13.9. The van der Waals surface area contributed by atoms with Crippen molar-refractivity contribution in [2.75, 3.05) is 5.32 Å². The van der Waals surface area contributed by atoms with Gasteiger partial charge in [-0.2, -0.15) is 13.2 Å². The zero-order valence-corrected chi connectivity index (χ0v) is 9.35. The maximum Gasteiger partial charge on any atom is 0.471 e. The Bertz CT molecular complexity index is 586. The maximum atomic E-state index is 12.2. The van der Waals surface area contributed by atoms with Crippen molar-refractivity contribution in [3.63, 3.8) is 0 Å². The Hall–Kier alpha value is -2.51. The molecular weight excluding hydrogens is 261 g/mol. The molecule has 2 aromatic rings. The summed E-state index contributed by atoms with van der Waals surface area (Å²) in [6.07, 6.45) is 1.70. The number of pyridine rings is 1. The first kappa shape index (κ1) is 12.9. The highest BCUT2D eigenvalue weighted by atomic mass is 19.4. The predicted octanol–water partition coefficient (Wildman–Crippen LogP) is 2.04. The van der Waals surface area contributed by atoms with Gasteiger partial charge >= 0.3 is 12.1 Å². The number of nitrogens with zero attached hydrogens (tertiary/aromatic N) is 3. The number of carbonyl (C=O) groups excluding carboxylic acids is 1. The predicted molar refractivity (Wildman–Crippen MR) is 59.9 cm³/mol. The molecule has 98 valence electrons. The van der Waals surface area contributed by atoms with E-state index in [1.807, 2.05) is 0 Å². The van der Waals surface area contributed by atoms with Gasteiger partial charge in [-0.25, -0.2) is 9.97 Å². The van der Waals surface area contributed by atoms with Crippen molar-refractivity contribution < 1.29 is 18.0 Å². The van der Waals surface area contributed by atoms with Crippen LogP contribution in [0.2, 0.25) is 0 Å². The van der Waals surface area contributed by atoms with Crippen molar-refractivity contribution in [2.45, 2.75) is 6.18 Å². The number of carbonyl (C=O) groups is 1. The van der Waals surface area contributed by atoms with Crippen molar-refractivity contribution in [1.29, 1.82) is 0 Å². The molecule has 8 heteroatoms. The quantitative estimate of drug-likeness (QED) is 0.905. The molecular formula is C11H7F3N4O. The van der Waals surface area contributed by atoms with Crippen LogP contribution in [0.25, 0.3) is 11.1 Å². The zero-order valence-electron chi connectivity index (χ0n) is 9.35. The normalized spacial score (nSPS) is 11.1. The average Bonchev–Trinajstić information content (AvgIpc) is 2.39. The number of rotatable bonds is 2. The molecule has 0 saturated heterocycles. The monoisotopic (exact) mass is 268 g/mol. The molecule has 1 amide bonds. The summed E-state index contributed by atoms with van der Waals surface area (Å²) in [5.74, 6) is -2.06. The smallest absolute Gasteiger partial charge is 0.316 e. The first-order chi connectivity index (χ1) is 8.98. The molecule has 0 radical (unpaired) electrons. The molecule has 2 rings (SSSR count). The first-order valence-corrected chi connectivity index (χ1v) is 5.06. The van der Waals surface area contributed by atoms with Crippen LogP contribution in [-0.2, 0) is 4.79 Å². The number of hydrogen-bond acceptors (Lipinski definition) is 4. The summed E-state index contributed by atoms with van der Waals surface area (Å²) >= 11 is 0. The van der Waals surface area contributed by atoms with Gasteiger partial charge in [0.1, 0.15) is 6.33 Å². The van der Waals surface area contributed by atoms with Gasteiger partial charge in [0.2, 0.25) is 0 Å². The molecule has 0 fully saturated rings. The largest absolute Gasteiger partial charge is 0.471 e. The number of alkyl halides is 3. The van der Waals surface area contributed by atoms with Gasteiger partial charge in [0, 0.05) is 29.7 Å². The summed E-state index contributed by atoms with van der Waals surface area (Å²) in [4.78, 5) is 22.1. The third-order valence-electron chi connectivity index (χ3n) is 2.20. The van der Waals surface area contributed by atoms with Crippen LogP contribution in [-0.4, -0.2) is 27.0 Å². The van der Waals surface area contributed by atoms with Gasteiger partial charge in [0.05, 0.1) is 11.9 Å². The van der Waals surface area contributed by atoms with Crippen LogP contribution in [0.5, 0.6) is 0 Å². The third kappa shape index (κ3) is 3.03. The second-order valence-corrected chi connectivity index (χ2v) is 3.50. The Kier molecular flexibility index (Phi) is 3.41. The number of aromatic nitrogens is 3. The lowest BCUT2D eigenvalue weighted by atomic mass is 10.1. The van der Waals surface area contributed by atoms with Gasteiger partial charge in [-0.3, -0.25) is 9.78 Å². The highest BCUT2D eigenvalue weighted by molar-refractivity contribution is 5.98. The van der Waals surface area contributed by atoms with Crippen molar-refractivity contribution in [3.8, 4) is 11.1 Å². The van der Waals surface area contributed by atoms with E-state index in [9.17, 15) is 18.0 Å². The van der Waals surface area contributed by atoms with Gasteiger partial charge in [-0.1, -0.05) is 0 Å². The van der Waals surface area contributed by atoms with E-state index in [-0.39, 0.29) is 5.69 Å². The molecule has 0 saturated carbocycles. The molecule has 0 aliphatic heterocycles. The van der Waals surface area contributed by atoms with Crippen LogP contribution < -0.4 is 5.32 Å². The molecule has 19 heavy (non-hydrogen) atoms. The molecule has 0 aliphatic rings. The summed E-state index contributed by atoms with van der Waals surface area (Å²) in [5.41, 5.74) is 0.773. The molecule has 0 aliphatic carbocycles. The lowest BCUT2D eigenvalue weighted by Crippen LogP contribution is -2.30. The molecule has 0 atom stereocenters. The van der Waals surface area contributed by atoms with Gasteiger partial charge in [-0.15, -0.1) is 0 Å². The lowest BCUT2D eigenvalue weighted by Gasteiger charge is -2.11. The average molecular weight is 268 g/mol. The van der Waals surface area contributed by atoms with E-state index in [4.69, 9.17) is 0 Å². The minimum Gasteiger partial charge on any atom is -0.316 e. The van der Waals surface area contributed by atoms with Gasteiger partial charge in [0.15, 0.2) is 0 Å². The number of halogens is 3. The van der Waals surface area contributed by atoms with E-state index in [0.717, 1.165) is 6.20 Å². The fourth-order valence-electron chi connectivity index (χ4n) is 1.38. The Balaban J connectivity index is 2.35. The van der Waals surface area contributed by atoms with E-state index in [1.165, 1.54) is 31.0 Å². The Morgan fingerprint density at radius 3 is 2.42 bits per heavy atom. The fourth-order valence-corrected chi connectivity index (χ4v) is 1.38. The molecule has 0 aromatic carbocycles. The van der Waals surface area contributed by atoms with Crippen molar-refractivity contribution in [2.24, 2.45) is 0 Å². The van der Waals surface area contributed by atoms with Crippen molar-refractivity contribution in [3.05, 3.63) is 37.2 Å².